The van der Waals surface area contributed by atoms with Crippen LogP contribution in [0.5, 0.6) is 0 Å². The van der Waals surface area contributed by atoms with Crippen molar-refractivity contribution in [1.29, 1.82) is 0 Å². The standard InChI is InChI=1S/C14H15N3O2/c1-9-7-13(11(3)19-9)14(18)17-16-10(2)12-5-4-6-15-8-12/h4-8H,1-3H3,(H,17,18)/b16-10+. The van der Waals surface area contributed by atoms with Crippen molar-refractivity contribution in [3.8, 4) is 0 Å². The smallest absolute Gasteiger partial charge is 0.274 e. The van der Waals surface area contributed by atoms with E-state index in [-0.39, 0.29) is 5.91 Å². The molecule has 1 amide bonds. The molecule has 98 valence electrons. The molecule has 1 N–H and O–H groups in total. The van der Waals surface area contributed by atoms with Crippen LogP contribution < -0.4 is 5.43 Å². The molecule has 0 fully saturated rings. The van der Waals surface area contributed by atoms with Crippen molar-refractivity contribution in [2.24, 2.45) is 5.10 Å². The Balaban J connectivity index is 2.10. The minimum absolute atomic E-state index is 0.280. The van der Waals surface area contributed by atoms with Crippen LogP contribution in [0.2, 0.25) is 0 Å². The number of hydrogen-bond donors (Lipinski definition) is 1. The molecule has 0 spiro atoms. The molecule has 19 heavy (non-hydrogen) atoms. The zero-order valence-corrected chi connectivity index (χ0v) is 11.1. The largest absolute Gasteiger partial charge is 0.466 e. The first kappa shape index (κ1) is 13.0. The number of carbonyl (C=O) groups excluding carboxylic acids is 1. The summed E-state index contributed by atoms with van der Waals surface area (Å²) < 4.78 is 5.31. The van der Waals surface area contributed by atoms with E-state index in [1.165, 1.54) is 0 Å². The van der Waals surface area contributed by atoms with Crippen LogP contribution in [0.25, 0.3) is 0 Å². The van der Waals surface area contributed by atoms with Gasteiger partial charge in [-0.2, -0.15) is 5.10 Å². The predicted octanol–water partition coefficient (Wildman–Crippen LogP) is 2.45. The summed E-state index contributed by atoms with van der Waals surface area (Å²) in [6.45, 7) is 5.36. The highest BCUT2D eigenvalue weighted by molar-refractivity contribution is 6.00. The molecule has 0 aliphatic carbocycles. The molecule has 2 aromatic heterocycles. The van der Waals surface area contributed by atoms with Gasteiger partial charge in [-0.1, -0.05) is 6.07 Å². The lowest BCUT2D eigenvalue weighted by Gasteiger charge is -2.01. The van der Waals surface area contributed by atoms with Gasteiger partial charge in [0.05, 0.1) is 11.3 Å². The van der Waals surface area contributed by atoms with Crippen molar-refractivity contribution in [3.05, 3.63) is 53.2 Å². The van der Waals surface area contributed by atoms with Crippen LogP contribution in [0.3, 0.4) is 0 Å². The summed E-state index contributed by atoms with van der Waals surface area (Å²) >= 11 is 0. The van der Waals surface area contributed by atoms with Crippen LogP contribution >= 0.6 is 0 Å². The second kappa shape index (κ2) is 5.48. The lowest BCUT2D eigenvalue weighted by atomic mass is 10.2. The normalized spacial score (nSPS) is 11.4. The Bertz CT molecular complexity index is 615. The molecule has 0 atom stereocenters. The number of aryl methyl sites for hydroxylation is 2. The van der Waals surface area contributed by atoms with E-state index in [0.717, 1.165) is 5.56 Å². The average Bonchev–Trinajstić information content (AvgIpc) is 2.75. The van der Waals surface area contributed by atoms with Crippen molar-refractivity contribution in [2.45, 2.75) is 20.8 Å². The van der Waals surface area contributed by atoms with Crippen molar-refractivity contribution in [2.75, 3.05) is 0 Å². The second-order valence-corrected chi connectivity index (χ2v) is 4.21. The van der Waals surface area contributed by atoms with Gasteiger partial charge >= 0.3 is 0 Å². The third kappa shape index (κ3) is 3.07. The van der Waals surface area contributed by atoms with E-state index in [1.54, 1.807) is 32.3 Å². The van der Waals surface area contributed by atoms with Crippen molar-refractivity contribution < 1.29 is 9.21 Å². The van der Waals surface area contributed by atoms with E-state index < -0.39 is 0 Å². The van der Waals surface area contributed by atoms with Gasteiger partial charge in [-0.3, -0.25) is 9.78 Å². The zero-order chi connectivity index (χ0) is 13.8. The lowest BCUT2D eigenvalue weighted by Crippen LogP contribution is -2.19. The molecule has 0 aromatic carbocycles. The summed E-state index contributed by atoms with van der Waals surface area (Å²) in [4.78, 5) is 15.9. The molecule has 5 heteroatoms. The number of furan rings is 1. The lowest BCUT2D eigenvalue weighted by molar-refractivity contribution is 0.0953. The van der Waals surface area contributed by atoms with Crippen molar-refractivity contribution in [3.63, 3.8) is 0 Å². The van der Waals surface area contributed by atoms with E-state index in [0.29, 0.717) is 22.8 Å². The summed E-state index contributed by atoms with van der Waals surface area (Å²) in [5, 5.41) is 4.06. The minimum atomic E-state index is -0.280. The number of nitrogens with one attached hydrogen (secondary N) is 1. The topological polar surface area (TPSA) is 67.5 Å². The Labute approximate surface area is 111 Å². The first-order valence-corrected chi connectivity index (χ1v) is 5.90. The highest BCUT2D eigenvalue weighted by atomic mass is 16.3. The maximum atomic E-state index is 11.9. The second-order valence-electron chi connectivity index (χ2n) is 4.21. The first-order valence-electron chi connectivity index (χ1n) is 5.90. The van der Waals surface area contributed by atoms with Crippen LogP contribution in [0.4, 0.5) is 0 Å². The Morgan fingerprint density at radius 3 is 2.79 bits per heavy atom. The van der Waals surface area contributed by atoms with Crippen molar-refractivity contribution in [1.82, 2.24) is 10.4 Å². The highest BCUT2D eigenvalue weighted by Gasteiger charge is 2.12. The van der Waals surface area contributed by atoms with E-state index in [9.17, 15) is 4.79 Å². The third-order valence-electron chi connectivity index (χ3n) is 2.69. The van der Waals surface area contributed by atoms with Crippen LogP contribution in [-0.2, 0) is 0 Å². The molecule has 0 saturated heterocycles. The monoisotopic (exact) mass is 257 g/mol. The number of pyridine rings is 1. The zero-order valence-electron chi connectivity index (χ0n) is 11.1. The quantitative estimate of drug-likeness (QED) is 0.678. The van der Waals surface area contributed by atoms with E-state index in [2.05, 4.69) is 15.5 Å². The average molecular weight is 257 g/mol. The summed E-state index contributed by atoms with van der Waals surface area (Å²) in [5.74, 6) is 1.01. The molecule has 2 rings (SSSR count). The summed E-state index contributed by atoms with van der Waals surface area (Å²) in [7, 11) is 0. The van der Waals surface area contributed by atoms with Gasteiger partial charge in [0.25, 0.3) is 5.91 Å². The van der Waals surface area contributed by atoms with Gasteiger partial charge in [-0.15, -0.1) is 0 Å². The minimum Gasteiger partial charge on any atom is -0.466 e. The molecule has 5 nitrogen and oxygen atoms in total. The van der Waals surface area contributed by atoms with Crippen LogP contribution in [-0.4, -0.2) is 16.6 Å². The number of amides is 1. The van der Waals surface area contributed by atoms with Crippen LogP contribution in [0.15, 0.2) is 40.1 Å². The number of hydrogen-bond acceptors (Lipinski definition) is 4. The maximum absolute atomic E-state index is 11.9. The first-order chi connectivity index (χ1) is 9.08. The number of hydrazone groups is 1. The fraction of sp³-hybridized carbons (Fsp3) is 0.214. The molecule has 0 aliphatic heterocycles. The summed E-state index contributed by atoms with van der Waals surface area (Å²) in [5.41, 5.74) is 4.57. The fourth-order valence-corrected chi connectivity index (χ4v) is 1.69. The molecule has 0 saturated carbocycles. The van der Waals surface area contributed by atoms with E-state index in [4.69, 9.17) is 4.42 Å². The van der Waals surface area contributed by atoms with Gasteiger partial charge in [0.2, 0.25) is 0 Å². The maximum Gasteiger partial charge on any atom is 0.274 e. The van der Waals surface area contributed by atoms with Gasteiger partial charge < -0.3 is 4.42 Å². The van der Waals surface area contributed by atoms with E-state index >= 15 is 0 Å². The number of aromatic nitrogens is 1. The third-order valence-corrected chi connectivity index (χ3v) is 2.69. The number of rotatable bonds is 3. The Morgan fingerprint density at radius 1 is 1.42 bits per heavy atom. The molecular weight excluding hydrogens is 242 g/mol. The van der Waals surface area contributed by atoms with Gasteiger partial charge in [-0.25, -0.2) is 5.43 Å². The summed E-state index contributed by atoms with van der Waals surface area (Å²) in [6.07, 6.45) is 3.38. The molecule has 0 radical (unpaired) electrons. The van der Waals surface area contributed by atoms with Gasteiger partial charge in [0.1, 0.15) is 11.5 Å². The van der Waals surface area contributed by atoms with Crippen LogP contribution in [0.1, 0.15) is 34.4 Å². The van der Waals surface area contributed by atoms with Gasteiger partial charge in [0.15, 0.2) is 0 Å². The van der Waals surface area contributed by atoms with E-state index in [1.807, 2.05) is 19.1 Å². The van der Waals surface area contributed by atoms with Gasteiger partial charge in [0, 0.05) is 18.0 Å². The Hall–Kier alpha value is -2.43. The molecule has 0 bridgehead atoms. The molecular formula is C14H15N3O2. The fourth-order valence-electron chi connectivity index (χ4n) is 1.69. The molecule has 2 aromatic rings. The SMILES string of the molecule is C/C(=N\NC(=O)c1cc(C)oc1C)c1cccnc1. The van der Waals surface area contributed by atoms with Gasteiger partial charge in [-0.05, 0) is 32.9 Å². The molecule has 0 unspecified atom stereocenters. The Morgan fingerprint density at radius 2 is 2.21 bits per heavy atom. The molecule has 2 heterocycles. The number of nitrogens with zero attached hydrogens (tertiary/aromatic N) is 2. The Kier molecular flexibility index (Phi) is 3.75. The molecule has 0 aliphatic rings. The van der Waals surface area contributed by atoms with Crippen LogP contribution in [0, 0.1) is 13.8 Å². The number of carbonyl (C=O) groups is 1. The highest BCUT2D eigenvalue weighted by Crippen LogP contribution is 2.13. The summed E-state index contributed by atoms with van der Waals surface area (Å²) in [6, 6.07) is 5.39. The predicted molar refractivity (Wildman–Crippen MR) is 72.1 cm³/mol. The van der Waals surface area contributed by atoms with Crippen molar-refractivity contribution >= 4 is 11.6 Å².